The second kappa shape index (κ2) is 5.69. The van der Waals surface area contributed by atoms with Gasteiger partial charge in [0.25, 0.3) is 0 Å². The Kier molecular flexibility index (Phi) is 4.34. The third-order valence-electron chi connectivity index (χ3n) is 3.82. The normalized spacial score (nSPS) is 25.5. The lowest BCUT2D eigenvalue weighted by molar-refractivity contribution is -0.140. The molecular formula is C14H18F4N2. The lowest BCUT2D eigenvalue weighted by atomic mass is 9.95. The molecule has 1 fully saturated rings. The van der Waals surface area contributed by atoms with E-state index in [4.69, 9.17) is 5.73 Å². The van der Waals surface area contributed by atoms with Crippen molar-refractivity contribution in [1.29, 1.82) is 0 Å². The molecule has 1 aliphatic rings. The molecular weight excluding hydrogens is 272 g/mol. The Labute approximate surface area is 115 Å². The van der Waals surface area contributed by atoms with Gasteiger partial charge in [0, 0.05) is 12.1 Å². The third-order valence-corrected chi connectivity index (χ3v) is 3.82. The number of halogens is 4. The molecule has 2 nitrogen and oxygen atoms in total. The van der Waals surface area contributed by atoms with Crippen molar-refractivity contribution in [3.05, 3.63) is 35.1 Å². The molecule has 1 aliphatic heterocycles. The van der Waals surface area contributed by atoms with E-state index in [-0.39, 0.29) is 12.1 Å². The molecule has 0 bridgehead atoms. The van der Waals surface area contributed by atoms with E-state index in [1.54, 1.807) is 0 Å². The number of hydrogen-bond donors (Lipinski definition) is 1. The molecule has 1 aromatic rings. The lowest BCUT2D eigenvalue weighted by Gasteiger charge is -2.31. The van der Waals surface area contributed by atoms with E-state index in [0.717, 1.165) is 37.9 Å². The van der Waals surface area contributed by atoms with Gasteiger partial charge in [0.2, 0.25) is 0 Å². The summed E-state index contributed by atoms with van der Waals surface area (Å²) < 4.78 is 51.7. The van der Waals surface area contributed by atoms with Gasteiger partial charge in [-0.05, 0) is 44.1 Å². The molecule has 20 heavy (non-hydrogen) atoms. The van der Waals surface area contributed by atoms with Crippen LogP contribution in [0.2, 0.25) is 0 Å². The van der Waals surface area contributed by atoms with Crippen molar-refractivity contribution in [2.24, 2.45) is 5.73 Å². The van der Waals surface area contributed by atoms with Crippen LogP contribution in [0, 0.1) is 5.82 Å². The van der Waals surface area contributed by atoms with Crippen LogP contribution in [-0.4, -0.2) is 24.5 Å². The Morgan fingerprint density at radius 2 is 1.95 bits per heavy atom. The van der Waals surface area contributed by atoms with Crippen LogP contribution in [0.25, 0.3) is 0 Å². The van der Waals surface area contributed by atoms with Gasteiger partial charge in [0.05, 0.1) is 5.56 Å². The fraction of sp³-hybridized carbons (Fsp3) is 0.571. The van der Waals surface area contributed by atoms with E-state index < -0.39 is 17.6 Å². The molecule has 0 spiro atoms. The fourth-order valence-corrected chi connectivity index (χ4v) is 2.81. The second-order valence-corrected chi connectivity index (χ2v) is 5.32. The molecule has 0 amide bonds. The monoisotopic (exact) mass is 290 g/mol. The molecule has 2 rings (SSSR count). The minimum atomic E-state index is -4.69. The summed E-state index contributed by atoms with van der Waals surface area (Å²) in [6.45, 7) is 0.775. The van der Waals surface area contributed by atoms with Crippen molar-refractivity contribution < 1.29 is 17.6 Å². The van der Waals surface area contributed by atoms with Crippen LogP contribution >= 0.6 is 0 Å². The van der Waals surface area contributed by atoms with E-state index in [2.05, 4.69) is 0 Å². The van der Waals surface area contributed by atoms with E-state index >= 15 is 0 Å². The van der Waals surface area contributed by atoms with Crippen molar-refractivity contribution in [1.82, 2.24) is 4.90 Å². The van der Waals surface area contributed by atoms with E-state index in [1.807, 2.05) is 11.9 Å². The SMILES string of the molecule is CN1CCCCC(N)C1c1ccc(F)c(C(F)(F)F)c1. The molecule has 1 heterocycles. The number of nitrogens with two attached hydrogens (primary N) is 1. The first-order valence-electron chi connectivity index (χ1n) is 6.63. The highest BCUT2D eigenvalue weighted by atomic mass is 19.4. The van der Waals surface area contributed by atoms with Crippen LogP contribution in [0.15, 0.2) is 18.2 Å². The zero-order valence-corrected chi connectivity index (χ0v) is 11.3. The predicted octanol–water partition coefficient (Wildman–Crippen LogP) is 3.33. The first kappa shape index (κ1) is 15.3. The molecule has 112 valence electrons. The van der Waals surface area contributed by atoms with Gasteiger partial charge >= 0.3 is 6.18 Å². The molecule has 0 aliphatic carbocycles. The summed E-state index contributed by atoms with van der Waals surface area (Å²) in [4.78, 5) is 1.95. The maximum absolute atomic E-state index is 13.3. The summed E-state index contributed by atoms with van der Waals surface area (Å²) in [5, 5.41) is 0. The molecule has 2 N–H and O–H groups in total. The first-order valence-corrected chi connectivity index (χ1v) is 6.63. The number of rotatable bonds is 1. The zero-order chi connectivity index (χ0) is 14.9. The lowest BCUT2D eigenvalue weighted by Crippen LogP contribution is -2.37. The highest BCUT2D eigenvalue weighted by Gasteiger charge is 2.36. The number of alkyl halides is 3. The van der Waals surface area contributed by atoms with E-state index in [9.17, 15) is 17.6 Å². The highest BCUT2D eigenvalue weighted by Crippen LogP contribution is 2.35. The van der Waals surface area contributed by atoms with Gasteiger partial charge in [-0.1, -0.05) is 12.5 Å². The van der Waals surface area contributed by atoms with Crippen LogP contribution in [0.5, 0.6) is 0 Å². The minimum absolute atomic E-state index is 0.242. The molecule has 1 aromatic carbocycles. The summed E-state index contributed by atoms with van der Waals surface area (Å²) in [5.41, 5.74) is 5.29. The van der Waals surface area contributed by atoms with Crippen molar-refractivity contribution >= 4 is 0 Å². The number of nitrogens with zero attached hydrogens (tertiary/aromatic N) is 1. The number of benzene rings is 1. The fourth-order valence-electron chi connectivity index (χ4n) is 2.81. The van der Waals surface area contributed by atoms with Gasteiger partial charge in [0.15, 0.2) is 0 Å². The van der Waals surface area contributed by atoms with Gasteiger partial charge in [-0.15, -0.1) is 0 Å². The van der Waals surface area contributed by atoms with Gasteiger partial charge in [-0.3, -0.25) is 4.90 Å². The van der Waals surface area contributed by atoms with Crippen molar-refractivity contribution in [2.45, 2.75) is 37.5 Å². The summed E-state index contributed by atoms with van der Waals surface area (Å²) in [7, 11) is 1.84. The van der Waals surface area contributed by atoms with E-state index in [1.165, 1.54) is 6.07 Å². The Morgan fingerprint density at radius 1 is 1.25 bits per heavy atom. The summed E-state index contributed by atoms with van der Waals surface area (Å²) in [5.74, 6) is -1.24. The third kappa shape index (κ3) is 3.12. The van der Waals surface area contributed by atoms with Gasteiger partial charge in [-0.25, -0.2) is 4.39 Å². The average Bonchev–Trinajstić information content (AvgIpc) is 2.50. The molecule has 0 saturated carbocycles. The molecule has 0 aromatic heterocycles. The molecule has 6 heteroatoms. The van der Waals surface area contributed by atoms with Crippen molar-refractivity contribution in [2.75, 3.05) is 13.6 Å². The molecule has 2 atom stereocenters. The molecule has 0 radical (unpaired) electrons. The number of likely N-dealkylation sites (tertiary alicyclic amines) is 1. The van der Waals surface area contributed by atoms with Gasteiger partial charge in [-0.2, -0.15) is 13.2 Å². The minimum Gasteiger partial charge on any atom is -0.326 e. The first-order chi connectivity index (χ1) is 9.30. The van der Waals surface area contributed by atoms with Crippen LogP contribution < -0.4 is 5.73 Å². The van der Waals surface area contributed by atoms with Crippen molar-refractivity contribution in [3.8, 4) is 0 Å². The summed E-state index contributed by atoms with van der Waals surface area (Å²) in [6.07, 6.45) is -2.01. The van der Waals surface area contributed by atoms with Gasteiger partial charge < -0.3 is 5.73 Å². The van der Waals surface area contributed by atoms with Crippen LogP contribution in [0.3, 0.4) is 0 Å². The van der Waals surface area contributed by atoms with Crippen molar-refractivity contribution in [3.63, 3.8) is 0 Å². The molecule has 2 unspecified atom stereocenters. The smallest absolute Gasteiger partial charge is 0.326 e. The zero-order valence-electron chi connectivity index (χ0n) is 11.3. The summed E-state index contributed by atoms with van der Waals surface area (Å²) in [6, 6.07) is 2.62. The Morgan fingerprint density at radius 3 is 2.60 bits per heavy atom. The maximum atomic E-state index is 13.3. The van der Waals surface area contributed by atoms with Gasteiger partial charge in [0.1, 0.15) is 5.82 Å². The topological polar surface area (TPSA) is 29.3 Å². The highest BCUT2D eigenvalue weighted by molar-refractivity contribution is 5.30. The summed E-state index contributed by atoms with van der Waals surface area (Å²) >= 11 is 0. The maximum Gasteiger partial charge on any atom is 0.419 e. The number of likely N-dealkylation sites (N-methyl/N-ethyl adjacent to an activating group) is 1. The standard InChI is InChI=1S/C14H18F4N2/c1-20-7-3-2-4-12(19)13(20)9-5-6-11(15)10(8-9)14(16,17)18/h5-6,8,12-13H,2-4,7,19H2,1H3. The predicted molar refractivity (Wildman–Crippen MR) is 68.6 cm³/mol. The Balaban J connectivity index is 2.41. The van der Waals surface area contributed by atoms with Crippen LogP contribution in [0.4, 0.5) is 17.6 Å². The second-order valence-electron chi connectivity index (χ2n) is 5.32. The van der Waals surface area contributed by atoms with E-state index in [0.29, 0.717) is 5.56 Å². The Hall–Kier alpha value is -1.14. The van der Waals surface area contributed by atoms with Crippen LogP contribution in [-0.2, 0) is 6.18 Å². The largest absolute Gasteiger partial charge is 0.419 e. The quantitative estimate of drug-likeness (QED) is 0.804. The van der Waals surface area contributed by atoms with Crippen LogP contribution in [0.1, 0.15) is 36.4 Å². The number of hydrogen-bond acceptors (Lipinski definition) is 2. The Bertz CT molecular complexity index is 461. The average molecular weight is 290 g/mol. The molecule has 1 saturated heterocycles.